The highest BCUT2D eigenvalue weighted by molar-refractivity contribution is 7.90. The molecule has 0 aromatic heterocycles. The van der Waals surface area contributed by atoms with Gasteiger partial charge in [0, 0.05) is 11.7 Å². The number of benzene rings is 2. The smallest absolute Gasteiger partial charge is 0.239 e. The molecule has 5 nitrogen and oxygen atoms in total. The van der Waals surface area contributed by atoms with E-state index in [9.17, 15) is 13.2 Å². The lowest BCUT2D eigenvalue weighted by atomic mass is 10.2. The van der Waals surface area contributed by atoms with E-state index >= 15 is 0 Å². The Hall–Kier alpha value is -2.34. The van der Waals surface area contributed by atoms with E-state index in [1.807, 2.05) is 6.07 Å². The summed E-state index contributed by atoms with van der Waals surface area (Å²) in [7, 11) is -3.38. The van der Waals surface area contributed by atoms with Gasteiger partial charge in [-0.1, -0.05) is 30.3 Å². The monoisotopic (exact) mass is 344 g/mol. The summed E-state index contributed by atoms with van der Waals surface area (Å²) >= 11 is 0. The summed E-state index contributed by atoms with van der Waals surface area (Å²) in [5, 5.41) is 5.94. The third-order valence-electron chi connectivity index (χ3n) is 3.78. The van der Waals surface area contributed by atoms with Crippen molar-refractivity contribution < 1.29 is 13.2 Å². The Morgan fingerprint density at radius 3 is 2.50 bits per heavy atom. The molecule has 0 spiro atoms. The van der Waals surface area contributed by atoms with E-state index in [0.29, 0.717) is 16.5 Å². The van der Waals surface area contributed by atoms with Crippen molar-refractivity contribution in [1.29, 1.82) is 0 Å². The van der Waals surface area contributed by atoms with Crippen molar-refractivity contribution in [1.82, 2.24) is 5.32 Å². The quantitative estimate of drug-likeness (QED) is 0.808. The predicted molar refractivity (Wildman–Crippen MR) is 93.4 cm³/mol. The summed E-state index contributed by atoms with van der Waals surface area (Å²) in [4.78, 5) is 12.0. The van der Waals surface area contributed by atoms with Crippen LogP contribution in [0.15, 0.2) is 59.5 Å². The van der Waals surface area contributed by atoms with Gasteiger partial charge in [0.05, 0.1) is 17.2 Å². The van der Waals surface area contributed by atoms with Crippen molar-refractivity contribution in [3.8, 4) is 0 Å². The van der Waals surface area contributed by atoms with Crippen LogP contribution in [-0.2, 0) is 20.4 Å². The molecule has 1 amide bonds. The second kappa shape index (κ2) is 7.05. The molecule has 1 fully saturated rings. The Morgan fingerprint density at radius 2 is 1.79 bits per heavy atom. The van der Waals surface area contributed by atoms with Crippen LogP contribution in [0.4, 0.5) is 5.69 Å². The Labute approximate surface area is 142 Å². The molecule has 0 bridgehead atoms. The molecule has 6 heteroatoms. The van der Waals surface area contributed by atoms with Gasteiger partial charge in [0.1, 0.15) is 0 Å². The van der Waals surface area contributed by atoms with Gasteiger partial charge in [-0.05, 0) is 42.7 Å². The fourth-order valence-electron chi connectivity index (χ4n) is 2.39. The van der Waals surface area contributed by atoms with E-state index in [4.69, 9.17) is 0 Å². The number of sulfone groups is 1. The van der Waals surface area contributed by atoms with E-state index in [1.54, 1.807) is 48.5 Å². The number of carbonyl (C=O) groups is 1. The lowest BCUT2D eigenvalue weighted by molar-refractivity contribution is -0.119. The number of carbonyl (C=O) groups excluding carboxylic acids is 1. The van der Waals surface area contributed by atoms with Gasteiger partial charge in [0.2, 0.25) is 5.91 Å². The van der Waals surface area contributed by atoms with Gasteiger partial charge in [-0.25, -0.2) is 8.42 Å². The van der Waals surface area contributed by atoms with Crippen molar-refractivity contribution in [3.63, 3.8) is 0 Å². The first-order chi connectivity index (χ1) is 11.5. The standard InChI is InChI=1S/C18H20N2O3S/c21-18(20-15-9-10-15)12-19-16-6-4-5-14(11-16)13-24(22,23)17-7-2-1-3-8-17/h1-8,11,15,19H,9-10,12-13H2,(H,20,21). The third-order valence-corrected chi connectivity index (χ3v) is 5.49. The maximum Gasteiger partial charge on any atom is 0.239 e. The van der Waals surface area contributed by atoms with Crippen LogP contribution in [0.3, 0.4) is 0 Å². The van der Waals surface area contributed by atoms with Gasteiger partial charge >= 0.3 is 0 Å². The van der Waals surface area contributed by atoms with E-state index in [1.165, 1.54) is 0 Å². The molecule has 1 aliphatic carbocycles. The Morgan fingerprint density at radius 1 is 1.04 bits per heavy atom. The van der Waals surface area contributed by atoms with Gasteiger partial charge in [-0.2, -0.15) is 0 Å². The minimum Gasteiger partial charge on any atom is -0.376 e. The van der Waals surface area contributed by atoms with Crippen molar-refractivity contribution in [2.24, 2.45) is 0 Å². The predicted octanol–water partition coefficient (Wildman–Crippen LogP) is 2.35. The SMILES string of the molecule is O=C(CNc1cccc(CS(=O)(=O)c2ccccc2)c1)NC1CC1. The average Bonchev–Trinajstić information content (AvgIpc) is 3.38. The summed E-state index contributed by atoms with van der Waals surface area (Å²) in [6.45, 7) is 0.186. The van der Waals surface area contributed by atoms with Gasteiger partial charge in [0.25, 0.3) is 0 Å². The molecular formula is C18H20N2O3S. The van der Waals surface area contributed by atoms with E-state index in [-0.39, 0.29) is 18.2 Å². The minimum atomic E-state index is -3.38. The molecule has 3 rings (SSSR count). The van der Waals surface area contributed by atoms with Crippen molar-refractivity contribution in [2.45, 2.75) is 29.5 Å². The van der Waals surface area contributed by atoms with Crippen molar-refractivity contribution in [2.75, 3.05) is 11.9 Å². The first kappa shape index (κ1) is 16.5. The molecule has 126 valence electrons. The van der Waals surface area contributed by atoms with Crippen LogP contribution in [0.2, 0.25) is 0 Å². The van der Waals surface area contributed by atoms with Gasteiger partial charge in [-0.3, -0.25) is 4.79 Å². The van der Waals surface area contributed by atoms with Crippen molar-refractivity contribution >= 4 is 21.4 Å². The topological polar surface area (TPSA) is 75.3 Å². The summed E-state index contributed by atoms with van der Waals surface area (Å²) in [5.41, 5.74) is 1.42. The molecule has 2 aromatic rings. The molecule has 1 aliphatic rings. The van der Waals surface area contributed by atoms with Crippen LogP contribution in [0, 0.1) is 0 Å². The number of nitrogens with one attached hydrogen (secondary N) is 2. The Bertz CT molecular complexity index is 815. The molecule has 2 aromatic carbocycles. The van der Waals surface area contributed by atoms with Crippen LogP contribution in [0.1, 0.15) is 18.4 Å². The second-order valence-electron chi connectivity index (χ2n) is 5.97. The van der Waals surface area contributed by atoms with Crippen LogP contribution in [0.5, 0.6) is 0 Å². The summed E-state index contributed by atoms with van der Waals surface area (Å²) in [6.07, 6.45) is 2.11. The summed E-state index contributed by atoms with van der Waals surface area (Å²) in [5.74, 6) is -0.110. The van der Waals surface area contributed by atoms with Gasteiger partial charge in [-0.15, -0.1) is 0 Å². The molecule has 1 saturated carbocycles. The number of anilines is 1. The molecule has 0 atom stereocenters. The highest BCUT2D eigenvalue weighted by Crippen LogP contribution is 2.19. The number of amides is 1. The Kier molecular flexibility index (Phi) is 4.85. The number of hydrogen-bond donors (Lipinski definition) is 2. The van der Waals surface area contributed by atoms with E-state index in [2.05, 4.69) is 10.6 Å². The molecular weight excluding hydrogens is 324 g/mol. The van der Waals surface area contributed by atoms with Gasteiger partial charge < -0.3 is 10.6 Å². The summed E-state index contributed by atoms with van der Waals surface area (Å²) in [6, 6.07) is 15.9. The molecule has 2 N–H and O–H groups in total. The molecule has 24 heavy (non-hydrogen) atoms. The second-order valence-corrected chi connectivity index (χ2v) is 7.96. The van der Waals surface area contributed by atoms with Crippen LogP contribution >= 0.6 is 0 Å². The number of hydrogen-bond acceptors (Lipinski definition) is 4. The van der Waals surface area contributed by atoms with Crippen LogP contribution in [0.25, 0.3) is 0 Å². The normalized spacial score (nSPS) is 14.2. The summed E-state index contributed by atoms with van der Waals surface area (Å²) < 4.78 is 24.8. The zero-order chi connectivity index (χ0) is 17.0. The fourth-order valence-corrected chi connectivity index (χ4v) is 3.75. The molecule has 0 unspecified atom stereocenters. The first-order valence-corrected chi connectivity index (χ1v) is 9.58. The fraction of sp³-hybridized carbons (Fsp3) is 0.278. The zero-order valence-electron chi connectivity index (χ0n) is 13.2. The molecule has 0 heterocycles. The lowest BCUT2D eigenvalue weighted by Gasteiger charge is -2.09. The minimum absolute atomic E-state index is 0.0418. The first-order valence-electron chi connectivity index (χ1n) is 7.93. The van der Waals surface area contributed by atoms with Crippen molar-refractivity contribution in [3.05, 3.63) is 60.2 Å². The average molecular weight is 344 g/mol. The van der Waals surface area contributed by atoms with Crippen LogP contribution in [-0.4, -0.2) is 26.9 Å². The highest BCUT2D eigenvalue weighted by Gasteiger charge is 2.22. The molecule has 0 radical (unpaired) electrons. The van der Waals surface area contributed by atoms with Crippen LogP contribution < -0.4 is 10.6 Å². The largest absolute Gasteiger partial charge is 0.376 e. The highest BCUT2D eigenvalue weighted by atomic mass is 32.2. The zero-order valence-corrected chi connectivity index (χ0v) is 14.1. The maximum absolute atomic E-state index is 12.4. The molecule has 0 aliphatic heterocycles. The Balaban J connectivity index is 1.63. The van der Waals surface area contributed by atoms with Gasteiger partial charge in [0.15, 0.2) is 9.84 Å². The third kappa shape index (κ3) is 4.58. The lowest BCUT2D eigenvalue weighted by Crippen LogP contribution is -2.31. The number of rotatable bonds is 7. The van der Waals surface area contributed by atoms with E-state index in [0.717, 1.165) is 18.5 Å². The molecule has 0 saturated heterocycles. The van der Waals surface area contributed by atoms with E-state index < -0.39 is 9.84 Å². The maximum atomic E-state index is 12.4.